The Balaban J connectivity index is 1.86. The minimum atomic E-state index is -0.798. The van der Waals surface area contributed by atoms with E-state index in [0.717, 1.165) is 51.6 Å². The van der Waals surface area contributed by atoms with E-state index in [1.54, 1.807) is 4.90 Å². The van der Waals surface area contributed by atoms with Crippen molar-refractivity contribution in [2.75, 3.05) is 13.1 Å². The molecule has 1 N–H and O–H groups in total. The van der Waals surface area contributed by atoms with Gasteiger partial charge in [0.2, 0.25) is 0 Å². The lowest BCUT2D eigenvalue weighted by molar-refractivity contribution is -0.0969. The van der Waals surface area contributed by atoms with Gasteiger partial charge >= 0.3 is 6.09 Å². The first-order chi connectivity index (χ1) is 8.12. The number of hydrogen-bond acceptors (Lipinski definition) is 3. The van der Waals surface area contributed by atoms with Gasteiger partial charge in [0.15, 0.2) is 0 Å². The second-order valence-electron chi connectivity index (χ2n) is 5.38. The molecular formula is C13H23NO3. The highest BCUT2D eigenvalue weighted by molar-refractivity contribution is 5.68. The lowest BCUT2D eigenvalue weighted by Gasteiger charge is -2.37. The van der Waals surface area contributed by atoms with Crippen molar-refractivity contribution in [3.63, 3.8) is 0 Å². The van der Waals surface area contributed by atoms with Crippen LogP contribution in [0.25, 0.3) is 0 Å². The van der Waals surface area contributed by atoms with E-state index < -0.39 is 11.7 Å². The van der Waals surface area contributed by atoms with Crippen LogP contribution < -0.4 is 0 Å². The third-order valence-corrected chi connectivity index (χ3v) is 4.12. The van der Waals surface area contributed by atoms with Crippen molar-refractivity contribution in [3.8, 4) is 0 Å². The van der Waals surface area contributed by atoms with Crippen molar-refractivity contribution in [2.24, 2.45) is 0 Å². The molecule has 17 heavy (non-hydrogen) atoms. The van der Waals surface area contributed by atoms with E-state index in [9.17, 15) is 9.90 Å². The van der Waals surface area contributed by atoms with Crippen molar-refractivity contribution < 1.29 is 14.6 Å². The summed E-state index contributed by atoms with van der Waals surface area (Å²) in [5, 5.41) is 10.4. The van der Waals surface area contributed by atoms with Crippen LogP contribution in [0.3, 0.4) is 0 Å². The smallest absolute Gasteiger partial charge is 0.410 e. The number of amides is 1. The van der Waals surface area contributed by atoms with Crippen LogP contribution in [0.5, 0.6) is 0 Å². The second-order valence-corrected chi connectivity index (χ2v) is 5.38. The monoisotopic (exact) mass is 241 g/mol. The molecule has 1 atom stereocenters. The van der Waals surface area contributed by atoms with Gasteiger partial charge in [0.25, 0.3) is 0 Å². The number of likely N-dealkylation sites (tertiary alicyclic amines) is 1. The van der Waals surface area contributed by atoms with Crippen molar-refractivity contribution in [1.82, 2.24) is 4.90 Å². The maximum atomic E-state index is 11.8. The second kappa shape index (κ2) is 5.25. The molecule has 1 amide bonds. The Morgan fingerprint density at radius 2 is 1.76 bits per heavy atom. The number of aliphatic hydroxyl groups is 1. The molecule has 1 aliphatic carbocycles. The van der Waals surface area contributed by atoms with Gasteiger partial charge in [0.1, 0.15) is 11.7 Å². The maximum absolute atomic E-state index is 11.8. The molecule has 0 radical (unpaired) electrons. The normalized spacial score (nSPS) is 25.6. The SMILES string of the molecule is CC(OC(=O)N1CCCC1)C1(O)CCCCC1. The van der Waals surface area contributed by atoms with Crippen LogP contribution in [-0.2, 0) is 4.74 Å². The Morgan fingerprint density at radius 1 is 1.18 bits per heavy atom. The van der Waals surface area contributed by atoms with Crippen LogP contribution in [0, 0.1) is 0 Å². The van der Waals surface area contributed by atoms with Gasteiger partial charge in [-0.3, -0.25) is 0 Å². The molecule has 1 saturated heterocycles. The Morgan fingerprint density at radius 3 is 2.35 bits per heavy atom. The van der Waals surface area contributed by atoms with Crippen molar-refractivity contribution >= 4 is 6.09 Å². The first kappa shape index (κ1) is 12.7. The number of rotatable bonds is 2. The summed E-state index contributed by atoms with van der Waals surface area (Å²) >= 11 is 0. The summed E-state index contributed by atoms with van der Waals surface area (Å²) in [5.74, 6) is 0. The largest absolute Gasteiger partial charge is 0.443 e. The van der Waals surface area contributed by atoms with Gasteiger partial charge in [-0.25, -0.2) is 4.79 Å². The van der Waals surface area contributed by atoms with Gasteiger partial charge in [0.05, 0.1) is 0 Å². The molecule has 4 nitrogen and oxygen atoms in total. The van der Waals surface area contributed by atoms with Crippen molar-refractivity contribution in [2.45, 2.75) is 63.6 Å². The zero-order valence-electron chi connectivity index (χ0n) is 10.7. The summed E-state index contributed by atoms with van der Waals surface area (Å²) in [6.45, 7) is 3.41. The third-order valence-electron chi connectivity index (χ3n) is 4.12. The standard InChI is InChI=1S/C13H23NO3/c1-11(13(16)7-3-2-4-8-13)17-12(15)14-9-5-6-10-14/h11,16H,2-10H2,1H3. The summed E-state index contributed by atoms with van der Waals surface area (Å²) in [5.41, 5.74) is -0.798. The molecule has 1 aliphatic heterocycles. The zero-order valence-corrected chi connectivity index (χ0v) is 10.7. The molecule has 2 fully saturated rings. The summed E-state index contributed by atoms with van der Waals surface area (Å²) in [6.07, 6.45) is 6.22. The summed E-state index contributed by atoms with van der Waals surface area (Å²) < 4.78 is 5.41. The Bertz CT molecular complexity index is 268. The molecule has 1 unspecified atom stereocenters. The molecule has 2 aliphatic rings. The van der Waals surface area contributed by atoms with Gasteiger partial charge in [-0.05, 0) is 32.6 Å². The van der Waals surface area contributed by atoms with Crippen LogP contribution in [0.2, 0.25) is 0 Å². The van der Waals surface area contributed by atoms with Gasteiger partial charge < -0.3 is 14.7 Å². The topological polar surface area (TPSA) is 49.8 Å². The van der Waals surface area contributed by atoms with Crippen LogP contribution in [-0.4, -0.2) is 40.9 Å². The minimum Gasteiger partial charge on any atom is -0.443 e. The number of carbonyl (C=O) groups excluding carboxylic acids is 1. The predicted molar refractivity (Wildman–Crippen MR) is 64.8 cm³/mol. The highest BCUT2D eigenvalue weighted by Gasteiger charge is 2.38. The van der Waals surface area contributed by atoms with Crippen LogP contribution in [0.1, 0.15) is 51.9 Å². The molecule has 0 aromatic rings. The van der Waals surface area contributed by atoms with Gasteiger partial charge in [-0.15, -0.1) is 0 Å². The number of hydrogen-bond donors (Lipinski definition) is 1. The van der Waals surface area contributed by atoms with Gasteiger partial charge in [-0.2, -0.15) is 0 Å². The molecule has 4 heteroatoms. The van der Waals surface area contributed by atoms with E-state index in [-0.39, 0.29) is 6.09 Å². The molecule has 98 valence electrons. The average molecular weight is 241 g/mol. The van der Waals surface area contributed by atoms with Crippen LogP contribution in [0.15, 0.2) is 0 Å². The Labute approximate surface area is 103 Å². The molecular weight excluding hydrogens is 218 g/mol. The van der Waals surface area contributed by atoms with Gasteiger partial charge in [-0.1, -0.05) is 19.3 Å². The predicted octanol–water partition coefficient (Wildman–Crippen LogP) is 2.30. The summed E-state index contributed by atoms with van der Waals surface area (Å²) in [6, 6.07) is 0. The molecule has 2 rings (SSSR count). The average Bonchev–Trinajstić information content (AvgIpc) is 2.83. The van der Waals surface area contributed by atoms with E-state index in [2.05, 4.69) is 0 Å². The van der Waals surface area contributed by atoms with E-state index in [1.165, 1.54) is 6.42 Å². The number of nitrogens with zero attached hydrogens (tertiary/aromatic N) is 1. The lowest BCUT2D eigenvalue weighted by atomic mass is 9.81. The highest BCUT2D eigenvalue weighted by Crippen LogP contribution is 2.32. The first-order valence-corrected chi connectivity index (χ1v) is 6.80. The van der Waals surface area contributed by atoms with E-state index in [4.69, 9.17) is 4.74 Å². The Kier molecular flexibility index (Phi) is 3.92. The molecule has 0 aromatic heterocycles. The van der Waals surface area contributed by atoms with E-state index in [0.29, 0.717) is 0 Å². The molecule has 1 saturated carbocycles. The molecule has 0 aromatic carbocycles. The fourth-order valence-corrected chi connectivity index (χ4v) is 2.81. The van der Waals surface area contributed by atoms with Crippen LogP contribution >= 0.6 is 0 Å². The van der Waals surface area contributed by atoms with Crippen LogP contribution in [0.4, 0.5) is 4.79 Å². The number of ether oxygens (including phenoxy) is 1. The quantitative estimate of drug-likeness (QED) is 0.807. The van der Waals surface area contributed by atoms with Crippen molar-refractivity contribution in [1.29, 1.82) is 0 Å². The third kappa shape index (κ3) is 2.92. The zero-order chi connectivity index (χ0) is 12.3. The fraction of sp³-hybridized carbons (Fsp3) is 0.923. The van der Waals surface area contributed by atoms with Crippen molar-refractivity contribution in [3.05, 3.63) is 0 Å². The fourth-order valence-electron chi connectivity index (χ4n) is 2.81. The molecule has 0 bridgehead atoms. The summed E-state index contributed by atoms with van der Waals surface area (Å²) in [7, 11) is 0. The molecule has 1 heterocycles. The lowest BCUT2D eigenvalue weighted by Crippen LogP contribution is -2.46. The number of carbonyl (C=O) groups is 1. The van der Waals surface area contributed by atoms with E-state index >= 15 is 0 Å². The first-order valence-electron chi connectivity index (χ1n) is 6.80. The minimum absolute atomic E-state index is 0.256. The van der Waals surface area contributed by atoms with E-state index in [1.807, 2.05) is 6.92 Å². The molecule has 0 spiro atoms. The van der Waals surface area contributed by atoms with Gasteiger partial charge in [0, 0.05) is 13.1 Å². The highest BCUT2D eigenvalue weighted by atomic mass is 16.6. The Hall–Kier alpha value is -0.770. The summed E-state index contributed by atoms with van der Waals surface area (Å²) in [4.78, 5) is 13.6. The maximum Gasteiger partial charge on any atom is 0.410 e.